The van der Waals surface area contributed by atoms with Crippen LogP contribution in [-0.2, 0) is 13.0 Å². The average molecular weight is 366 g/mol. The number of benzene rings is 2. The molecular weight excluding hydrogens is 339 g/mol. The van der Waals surface area contributed by atoms with Crippen molar-refractivity contribution in [3.8, 4) is 0 Å². The van der Waals surface area contributed by atoms with E-state index >= 15 is 0 Å². The van der Waals surface area contributed by atoms with Crippen molar-refractivity contribution in [1.82, 2.24) is 10.6 Å². The van der Waals surface area contributed by atoms with E-state index in [0.717, 1.165) is 31.2 Å². The zero-order valence-corrected chi connectivity index (χ0v) is 15.8. The smallest absolute Gasteiger partial charge is 0.191 e. The Morgan fingerprint density at radius 3 is 2.48 bits per heavy atom. The van der Waals surface area contributed by atoms with Crippen LogP contribution in [0.25, 0.3) is 0 Å². The van der Waals surface area contributed by atoms with Crippen molar-refractivity contribution in [2.75, 3.05) is 31.1 Å². The van der Waals surface area contributed by atoms with Gasteiger partial charge in [-0.25, -0.2) is 9.38 Å². The van der Waals surface area contributed by atoms with Crippen LogP contribution in [0.2, 0.25) is 0 Å². The highest BCUT2D eigenvalue weighted by atomic mass is 19.1. The molecule has 0 fully saturated rings. The first-order chi connectivity index (χ1) is 13.3. The summed E-state index contributed by atoms with van der Waals surface area (Å²) in [5.74, 6) is 0.594. The number of guanidine groups is 1. The van der Waals surface area contributed by atoms with Crippen molar-refractivity contribution < 1.29 is 4.39 Å². The SMILES string of the molecule is CCNC(=NCc1ccc(N2CC=CC2)cc1)NCCc1ccccc1F. The van der Waals surface area contributed by atoms with Gasteiger partial charge in [0.05, 0.1) is 6.54 Å². The summed E-state index contributed by atoms with van der Waals surface area (Å²) in [6.07, 6.45) is 5.00. The summed E-state index contributed by atoms with van der Waals surface area (Å²) in [6.45, 7) is 6.02. The molecule has 142 valence electrons. The third-order valence-electron chi connectivity index (χ3n) is 4.53. The van der Waals surface area contributed by atoms with Gasteiger partial charge in [-0.2, -0.15) is 0 Å². The first kappa shape index (κ1) is 19.0. The minimum Gasteiger partial charge on any atom is -0.364 e. The van der Waals surface area contributed by atoms with Gasteiger partial charge in [-0.15, -0.1) is 0 Å². The third kappa shape index (κ3) is 5.58. The molecule has 0 bridgehead atoms. The molecule has 2 N–H and O–H groups in total. The van der Waals surface area contributed by atoms with E-state index in [-0.39, 0.29) is 5.82 Å². The quantitative estimate of drug-likeness (QED) is 0.448. The first-order valence-corrected chi connectivity index (χ1v) is 9.50. The molecule has 1 aliphatic heterocycles. The summed E-state index contributed by atoms with van der Waals surface area (Å²) in [6, 6.07) is 15.4. The molecule has 0 aromatic heterocycles. The molecule has 0 aliphatic carbocycles. The number of hydrogen-bond acceptors (Lipinski definition) is 2. The first-order valence-electron chi connectivity index (χ1n) is 9.50. The molecule has 0 atom stereocenters. The molecule has 0 saturated carbocycles. The number of rotatable bonds is 7. The molecule has 5 heteroatoms. The van der Waals surface area contributed by atoms with Gasteiger partial charge in [0.1, 0.15) is 5.82 Å². The van der Waals surface area contributed by atoms with Crippen molar-refractivity contribution in [3.63, 3.8) is 0 Å². The maximum atomic E-state index is 13.7. The average Bonchev–Trinajstić information content (AvgIpc) is 3.23. The highest BCUT2D eigenvalue weighted by Gasteiger charge is 2.07. The molecule has 0 spiro atoms. The minimum atomic E-state index is -0.158. The second-order valence-electron chi connectivity index (χ2n) is 6.51. The normalized spacial score (nSPS) is 13.9. The van der Waals surface area contributed by atoms with Crippen molar-refractivity contribution >= 4 is 11.6 Å². The van der Waals surface area contributed by atoms with Gasteiger partial charge >= 0.3 is 0 Å². The molecule has 3 rings (SSSR count). The summed E-state index contributed by atoms with van der Waals surface area (Å²) < 4.78 is 13.7. The standard InChI is InChI=1S/C22H27FN4/c1-2-24-22(25-14-13-19-7-3-4-8-21(19)23)26-17-18-9-11-20(12-10-18)27-15-5-6-16-27/h3-12H,2,13-17H2,1H3,(H2,24,25,26). The van der Waals surface area contributed by atoms with E-state index < -0.39 is 0 Å². The summed E-state index contributed by atoms with van der Waals surface area (Å²) in [4.78, 5) is 6.96. The van der Waals surface area contributed by atoms with Gasteiger partial charge in [-0.3, -0.25) is 0 Å². The van der Waals surface area contributed by atoms with Crippen LogP contribution in [0.4, 0.5) is 10.1 Å². The van der Waals surface area contributed by atoms with E-state index in [2.05, 4.69) is 56.9 Å². The molecule has 0 unspecified atom stereocenters. The second-order valence-corrected chi connectivity index (χ2v) is 6.51. The Kier molecular flexibility index (Phi) is 6.85. The zero-order valence-electron chi connectivity index (χ0n) is 15.8. The van der Waals surface area contributed by atoms with Crippen LogP contribution < -0.4 is 15.5 Å². The fourth-order valence-corrected chi connectivity index (χ4v) is 3.03. The monoisotopic (exact) mass is 366 g/mol. The molecule has 1 aliphatic rings. The summed E-state index contributed by atoms with van der Waals surface area (Å²) in [5.41, 5.74) is 3.12. The van der Waals surface area contributed by atoms with Gasteiger partial charge in [0.2, 0.25) is 0 Å². The molecular formula is C22H27FN4. The minimum absolute atomic E-state index is 0.158. The van der Waals surface area contributed by atoms with Gasteiger partial charge in [0.25, 0.3) is 0 Å². The van der Waals surface area contributed by atoms with E-state index in [0.29, 0.717) is 25.1 Å². The summed E-state index contributed by atoms with van der Waals surface area (Å²) in [7, 11) is 0. The molecule has 0 saturated heterocycles. The van der Waals surface area contributed by atoms with Crippen LogP contribution in [-0.4, -0.2) is 32.1 Å². The second kappa shape index (κ2) is 9.76. The van der Waals surface area contributed by atoms with Gasteiger partial charge in [0.15, 0.2) is 5.96 Å². The topological polar surface area (TPSA) is 39.7 Å². The number of hydrogen-bond donors (Lipinski definition) is 2. The van der Waals surface area contributed by atoms with Gasteiger partial charge < -0.3 is 15.5 Å². The van der Waals surface area contributed by atoms with Crippen LogP contribution in [0.1, 0.15) is 18.1 Å². The largest absolute Gasteiger partial charge is 0.364 e. The maximum absolute atomic E-state index is 13.7. The van der Waals surface area contributed by atoms with Crippen molar-refractivity contribution in [1.29, 1.82) is 0 Å². The predicted molar refractivity (Wildman–Crippen MR) is 111 cm³/mol. The number of aliphatic imine (C=N–C) groups is 1. The Labute approximate surface area is 160 Å². The Morgan fingerprint density at radius 1 is 1.04 bits per heavy atom. The Bertz CT molecular complexity index is 775. The Morgan fingerprint density at radius 2 is 1.78 bits per heavy atom. The highest BCUT2D eigenvalue weighted by molar-refractivity contribution is 5.79. The van der Waals surface area contributed by atoms with E-state index in [1.54, 1.807) is 6.07 Å². The molecule has 0 amide bonds. The van der Waals surface area contributed by atoms with Crippen LogP contribution in [0.15, 0.2) is 65.7 Å². The fourth-order valence-electron chi connectivity index (χ4n) is 3.03. The van der Waals surface area contributed by atoms with Crippen LogP contribution in [0.3, 0.4) is 0 Å². The van der Waals surface area contributed by atoms with Crippen molar-refractivity contribution in [2.45, 2.75) is 19.9 Å². The fraction of sp³-hybridized carbons (Fsp3) is 0.318. The molecule has 2 aromatic rings. The zero-order chi connectivity index (χ0) is 18.9. The molecule has 0 radical (unpaired) electrons. The third-order valence-corrected chi connectivity index (χ3v) is 4.53. The molecule has 2 aromatic carbocycles. The highest BCUT2D eigenvalue weighted by Crippen LogP contribution is 2.17. The lowest BCUT2D eigenvalue weighted by Crippen LogP contribution is -2.38. The molecule has 27 heavy (non-hydrogen) atoms. The number of halogens is 1. The Balaban J connectivity index is 1.52. The lowest BCUT2D eigenvalue weighted by molar-refractivity contribution is 0.606. The predicted octanol–water partition coefficient (Wildman–Crippen LogP) is 3.50. The summed E-state index contributed by atoms with van der Waals surface area (Å²) >= 11 is 0. The maximum Gasteiger partial charge on any atom is 0.191 e. The van der Waals surface area contributed by atoms with Crippen molar-refractivity contribution in [3.05, 3.63) is 77.6 Å². The lowest BCUT2D eigenvalue weighted by atomic mass is 10.1. The number of anilines is 1. The van der Waals surface area contributed by atoms with E-state index in [4.69, 9.17) is 0 Å². The van der Waals surface area contributed by atoms with Gasteiger partial charge in [-0.1, -0.05) is 42.5 Å². The molecule has 4 nitrogen and oxygen atoms in total. The molecule has 1 heterocycles. The van der Waals surface area contributed by atoms with E-state index in [9.17, 15) is 4.39 Å². The Hall–Kier alpha value is -2.82. The summed E-state index contributed by atoms with van der Waals surface area (Å²) in [5, 5.41) is 6.52. The van der Waals surface area contributed by atoms with Crippen molar-refractivity contribution in [2.24, 2.45) is 4.99 Å². The van der Waals surface area contributed by atoms with E-state index in [1.807, 2.05) is 19.1 Å². The van der Waals surface area contributed by atoms with Gasteiger partial charge in [-0.05, 0) is 42.7 Å². The van der Waals surface area contributed by atoms with Gasteiger partial charge in [0, 0.05) is 31.9 Å². The number of nitrogens with zero attached hydrogens (tertiary/aromatic N) is 2. The van der Waals surface area contributed by atoms with Crippen LogP contribution in [0, 0.1) is 5.82 Å². The lowest BCUT2D eigenvalue weighted by Gasteiger charge is -2.17. The van der Waals surface area contributed by atoms with Crippen LogP contribution >= 0.6 is 0 Å². The number of nitrogens with one attached hydrogen (secondary N) is 2. The van der Waals surface area contributed by atoms with E-state index in [1.165, 1.54) is 11.8 Å². The van der Waals surface area contributed by atoms with Crippen LogP contribution in [0.5, 0.6) is 0 Å².